The summed E-state index contributed by atoms with van der Waals surface area (Å²) in [4.78, 5) is 10.8. The molecule has 0 N–H and O–H groups in total. The van der Waals surface area contributed by atoms with E-state index in [-0.39, 0.29) is 17.9 Å². The molecule has 4 heteroatoms. The van der Waals surface area contributed by atoms with Gasteiger partial charge in [0.25, 0.3) is 0 Å². The van der Waals surface area contributed by atoms with E-state index in [1.165, 1.54) is 18.2 Å². The average Bonchev–Trinajstić information content (AvgIpc) is 2.39. The van der Waals surface area contributed by atoms with Crippen LogP contribution in [0.1, 0.15) is 15.9 Å². The lowest BCUT2D eigenvalue weighted by Gasteiger charge is -2.10. The van der Waals surface area contributed by atoms with Gasteiger partial charge >= 0.3 is 0 Å². The molecule has 2 aromatic carbocycles. The Morgan fingerprint density at radius 3 is 2.67 bits per heavy atom. The van der Waals surface area contributed by atoms with E-state index in [0.717, 1.165) is 5.56 Å². The zero-order valence-corrected chi connectivity index (χ0v) is 10.2. The van der Waals surface area contributed by atoms with Crippen molar-refractivity contribution in [2.45, 2.75) is 6.61 Å². The molecule has 2 rings (SSSR count). The zero-order chi connectivity index (χ0) is 13.0. The first-order chi connectivity index (χ1) is 8.72. The molecule has 0 aromatic heterocycles. The summed E-state index contributed by atoms with van der Waals surface area (Å²) >= 11 is 5.96. The van der Waals surface area contributed by atoms with Crippen LogP contribution in [0, 0.1) is 5.82 Å². The highest BCUT2D eigenvalue weighted by Crippen LogP contribution is 2.24. The third-order valence-electron chi connectivity index (χ3n) is 2.45. The first-order valence-corrected chi connectivity index (χ1v) is 5.70. The molecule has 0 aliphatic carbocycles. The molecule has 18 heavy (non-hydrogen) atoms. The number of ether oxygens (including phenoxy) is 1. The van der Waals surface area contributed by atoms with E-state index in [4.69, 9.17) is 16.3 Å². The maximum atomic E-state index is 13.5. The van der Waals surface area contributed by atoms with Gasteiger partial charge in [0.2, 0.25) is 0 Å². The van der Waals surface area contributed by atoms with Crippen molar-refractivity contribution in [3.63, 3.8) is 0 Å². The van der Waals surface area contributed by atoms with E-state index in [1.807, 2.05) is 6.07 Å². The van der Waals surface area contributed by atoms with Crippen molar-refractivity contribution in [1.82, 2.24) is 0 Å². The molecule has 0 fully saturated rings. The van der Waals surface area contributed by atoms with Crippen LogP contribution in [0.25, 0.3) is 0 Å². The molecule has 0 bridgehead atoms. The van der Waals surface area contributed by atoms with E-state index in [9.17, 15) is 9.18 Å². The van der Waals surface area contributed by atoms with E-state index in [0.29, 0.717) is 11.3 Å². The number of halogens is 2. The highest BCUT2D eigenvalue weighted by Gasteiger charge is 2.10. The Morgan fingerprint density at radius 2 is 1.94 bits per heavy atom. The second-order valence-electron chi connectivity index (χ2n) is 3.66. The smallest absolute Gasteiger partial charge is 0.165 e. The predicted molar refractivity (Wildman–Crippen MR) is 67.6 cm³/mol. The number of hydrogen-bond donors (Lipinski definition) is 0. The number of hydrogen-bond acceptors (Lipinski definition) is 2. The second kappa shape index (κ2) is 5.65. The monoisotopic (exact) mass is 264 g/mol. The van der Waals surface area contributed by atoms with Crippen molar-refractivity contribution >= 4 is 17.9 Å². The molecule has 0 atom stereocenters. The topological polar surface area (TPSA) is 26.3 Å². The van der Waals surface area contributed by atoms with Gasteiger partial charge in [0.1, 0.15) is 6.61 Å². The van der Waals surface area contributed by atoms with Gasteiger partial charge in [0.05, 0.1) is 5.56 Å². The Labute approximate surface area is 109 Å². The van der Waals surface area contributed by atoms with Crippen LogP contribution in [0.15, 0.2) is 42.5 Å². The molecule has 0 unspecified atom stereocenters. The Bertz CT molecular complexity index is 569. The number of carbonyl (C=O) groups is 1. The van der Waals surface area contributed by atoms with E-state index in [2.05, 4.69) is 0 Å². The zero-order valence-electron chi connectivity index (χ0n) is 9.40. The van der Waals surface area contributed by atoms with E-state index < -0.39 is 5.82 Å². The van der Waals surface area contributed by atoms with Crippen LogP contribution >= 0.6 is 11.6 Å². The van der Waals surface area contributed by atoms with Crippen molar-refractivity contribution in [2.24, 2.45) is 0 Å². The standard InChI is InChI=1S/C14H10ClFO2/c15-12-6-2-1-4-11(12)9-18-14-10(8-17)5-3-7-13(14)16/h1-8H,9H2. The predicted octanol–water partition coefficient (Wildman–Crippen LogP) is 3.87. The highest BCUT2D eigenvalue weighted by molar-refractivity contribution is 6.31. The van der Waals surface area contributed by atoms with Gasteiger partial charge in [0.15, 0.2) is 17.9 Å². The molecular weight excluding hydrogens is 255 g/mol. The van der Waals surface area contributed by atoms with Gasteiger partial charge < -0.3 is 4.74 Å². The molecule has 0 spiro atoms. The molecule has 92 valence electrons. The summed E-state index contributed by atoms with van der Waals surface area (Å²) in [6.07, 6.45) is 0.561. The minimum Gasteiger partial charge on any atom is -0.485 e. The summed E-state index contributed by atoms with van der Waals surface area (Å²) in [7, 11) is 0. The Balaban J connectivity index is 2.21. The van der Waals surface area contributed by atoms with Crippen molar-refractivity contribution in [3.8, 4) is 5.75 Å². The summed E-state index contributed by atoms with van der Waals surface area (Å²) in [5, 5.41) is 0.543. The maximum Gasteiger partial charge on any atom is 0.165 e. The van der Waals surface area contributed by atoms with Crippen LogP contribution in [0.4, 0.5) is 4.39 Å². The fourth-order valence-electron chi connectivity index (χ4n) is 1.54. The molecule has 0 radical (unpaired) electrons. The van der Waals surface area contributed by atoms with Gasteiger partial charge in [-0.05, 0) is 18.2 Å². The number of carbonyl (C=O) groups excluding carboxylic acids is 1. The van der Waals surface area contributed by atoms with Crippen molar-refractivity contribution < 1.29 is 13.9 Å². The summed E-state index contributed by atoms with van der Waals surface area (Å²) in [6.45, 7) is 0.113. The lowest BCUT2D eigenvalue weighted by atomic mass is 10.2. The van der Waals surface area contributed by atoms with Crippen LogP contribution in [-0.4, -0.2) is 6.29 Å². The lowest BCUT2D eigenvalue weighted by molar-refractivity contribution is 0.111. The SMILES string of the molecule is O=Cc1cccc(F)c1OCc1ccccc1Cl. The number of aldehydes is 1. The summed E-state index contributed by atoms with van der Waals surface area (Å²) in [5.74, 6) is -0.612. The largest absolute Gasteiger partial charge is 0.485 e. The fourth-order valence-corrected chi connectivity index (χ4v) is 1.73. The van der Waals surface area contributed by atoms with Crippen molar-refractivity contribution in [2.75, 3.05) is 0 Å². The lowest BCUT2D eigenvalue weighted by Crippen LogP contribution is -2.01. The first kappa shape index (κ1) is 12.6. The van der Waals surface area contributed by atoms with Crippen LogP contribution in [0.5, 0.6) is 5.75 Å². The third-order valence-corrected chi connectivity index (χ3v) is 2.82. The minimum atomic E-state index is -0.563. The third kappa shape index (κ3) is 2.68. The Kier molecular flexibility index (Phi) is 3.95. The molecule has 0 saturated heterocycles. The number of rotatable bonds is 4. The van der Waals surface area contributed by atoms with E-state index >= 15 is 0 Å². The second-order valence-corrected chi connectivity index (χ2v) is 4.06. The molecule has 0 aliphatic heterocycles. The maximum absolute atomic E-state index is 13.5. The summed E-state index contributed by atoms with van der Waals surface area (Å²) in [5.41, 5.74) is 0.918. The van der Waals surface area contributed by atoms with E-state index in [1.54, 1.807) is 18.2 Å². The number of para-hydroxylation sites is 1. The minimum absolute atomic E-state index is 0.0487. The molecule has 2 aromatic rings. The highest BCUT2D eigenvalue weighted by atomic mass is 35.5. The average molecular weight is 265 g/mol. The van der Waals surface area contributed by atoms with Crippen LogP contribution in [-0.2, 0) is 6.61 Å². The normalized spacial score (nSPS) is 10.1. The Hall–Kier alpha value is -1.87. The van der Waals surface area contributed by atoms with Gasteiger partial charge in [-0.25, -0.2) is 4.39 Å². The summed E-state index contributed by atoms with van der Waals surface area (Å²) in [6, 6.07) is 11.3. The van der Waals surface area contributed by atoms with Crippen LogP contribution in [0.3, 0.4) is 0 Å². The molecule has 0 aliphatic rings. The number of benzene rings is 2. The van der Waals surface area contributed by atoms with Crippen molar-refractivity contribution in [1.29, 1.82) is 0 Å². The summed E-state index contributed by atoms with van der Waals surface area (Å²) < 4.78 is 18.9. The van der Waals surface area contributed by atoms with Crippen LogP contribution in [0.2, 0.25) is 5.02 Å². The molecule has 0 heterocycles. The quantitative estimate of drug-likeness (QED) is 0.784. The molecular formula is C14H10ClFO2. The van der Waals surface area contributed by atoms with Crippen LogP contribution < -0.4 is 4.74 Å². The van der Waals surface area contributed by atoms with Crippen molar-refractivity contribution in [3.05, 3.63) is 64.4 Å². The van der Waals surface area contributed by atoms with Gasteiger partial charge in [0, 0.05) is 10.6 Å². The fraction of sp³-hybridized carbons (Fsp3) is 0.0714. The Morgan fingerprint density at radius 1 is 1.17 bits per heavy atom. The van der Waals surface area contributed by atoms with Gasteiger partial charge in [-0.3, -0.25) is 4.79 Å². The van der Waals surface area contributed by atoms with Gasteiger partial charge in [-0.2, -0.15) is 0 Å². The molecule has 2 nitrogen and oxygen atoms in total. The molecule has 0 saturated carbocycles. The van der Waals surface area contributed by atoms with Gasteiger partial charge in [-0.15, -0.1) is 0 Å². The molecule has 0 amide bonds. The van der Waals surface area contributed by atoms with Gasteiger partial charge in [-0.1, -0.05) is 35.9 Å². The first-order valence-electron chi connectivity index (χ1n) is 5.32.